The zero-order valence-corrected chi connectivity index (χ0v) is 22.5. The number of rotatable bonds is 10. The number of carbonyl (C=O) groups is 1. The fraction of sp³-hybridized carbons (Fsp3) is 0.667. The van der Waals surface area contributed by atoms with E-state index in [1.165, 1.54) is 19.3 Å². The molecule has 0 radical (unpaired) electrons. The van der Waals surface area contributed by atoms with Crippen molar-refractivity contribution in [2.45, 2.75) is 58.5 Å². The lowest BCUT2D eigenvalue weighted by molar-refractivity contribution is -0.137. The van der Waals surface area contributed by atoms with E-state index in [4.69, 9.17) is 9.26 Å². The number of anilines is 1. The number of likely N-dealkylation sites (tertiary alicyclic amines) is 1. The first-order valence-corrected chi connectivity index (χ1v) is 13.9. The Bertz CT molecular complexity index is 1050. The number of benzene rings is 1. The molecule has 3 aliphatic rings. The number of halogens is 1. The Morgan fingerprint density at radius 2 is 2.06 bits per heavy atom. The Labute approximate surface area is 215 Å². The maximum Gasteiger partial charge on any atom is 0.324 e. The average molecular weight is 517 g/mol. The molecule has 2 aromatic rings. The minimum absolute atomic E-state index is 0.0140. The molecule has 1 aromatic carbocycles. The summed E-state index contributed by atoms with van der Waals surface area (Å²) in [6.07, 6.45) is 5.06. The number of alkyl halides is 1. The summed E-state index contributed by atoms with van der Waals surface area (Å²) in [4.78, 5) is 20.6. The molecule has 7 nitrogen and oxygen atoms in total. The van der Waals surface area contributed by atoms with Crippen LogP contribution in [0.4, 0.5) is 10.4 Å². The van der Waals surface area contributed by atoms with Gasteiger partial charge in [0.2, 0.25) is 5.91 Å². The highest BCUT2D eigenvalue weighted by Gasteiger charge is 2.43. The second kappa shape index (κ2) is 11.0. The molecule has 3 heterocycles. The monoisotopic (exact) mass is 516 g/mol. The zero-order valence-electron chi connectivity index (χ0n) is 21.4. The van der Waals surface area contributed by atoms with Gasteiger partial charge in [0, 0.05) is 19.5 Å². The molecule has 2 saturated heterocycles. The van der Waals surface area contributed by atoms with Gasteiger partial charge in [0.05, 0.1) is 26.1 Å². The van der Waals surface area contributed by atoms with Gasteiger partial charge in [-0.2, -0.15) is 4.98 Å². The third-order valence-corrected chi connectivity index (χ3v) is 8.38. The maximum atomic E-state index is 13.0. The summed E-state index contributed by atoms with van der Waals surface area (Å²) >= 11 is 0. The molecule has 1 amide bonds. The van der Waals surface area contributed by atoms with Crippen molar-refractivity contribution in [2.75, 3.05) is 37.7 Å². The molecular weight excluding hydrogens is 478 g/mol. The van der Waals surface area contributed by atoms with Gasteiger partial charge in [0.15, 0.2) is 5.82 Å². The molecule has 3 atom stereocenters. The van der Waals surface area contributed by atoms with Crippen molar-refractivity contribution in [3.8, 4) is 5.75 Å². The van der Waals surface area contributed by atoms with Crippen molar-refractivity contribution >= 4 is 26.5 Å². The molecule has 0 N–H and O–H groups in total. The van der Waals surface area contributed by atoms with Gasteiger partial charge in [-0.3, -0.25) is 4.79 Å². The fourth-order valence-electron chi connectivity index (χ4n) is 5.58. The summed E-state index contributed by atoms with van der Waals surface area (Å²) in [6, 6.07) is 6.55. The second-order valence-corrected chi connectivity index (χ2v) is 11.8. The second-order valence-electron chi connectivity index (χ2n) is 11.1. The molecule has 1 aliphatic carbocycles. The highest BCUT2D eigenvalue weighted by atomic mass is 31.0. The molecule has 3 unspecified atom stereocenters. The van der Waals surface area contributed by atoms with Crippen LogP contribution in [0, 0.1) is 23.7 Å². The van der Waals surface area contributed by atoms with E-state index in [1.807, 2.05) is 18.2 Å². The van der Waals surface area contributed by atoms with Crippen LogP contribution in [0.25, 0.3) is 0 Å². The first-order chi connectivity index (χ1) is 17.4. The van der Waals surface area contributed by atoms with Crippen LogP contribution in [0.1, 0.15) is 50.9 Å². The van der Waals surface area contributed by atoms with Crippen LogP contribution in [-0.2, 0) is 17.6 Å². The number of nitrogens with zero attached hydrogens (tertiary/aromatic N) is 4. The van der Waals surface area contributed by atoms with Gasteiger partial charge in [-0.05, 0) is 72.4 Å². The van der Waals surface area contributed by atoms with E-state index in [2.05, 4.69) is 38.1 Å². The highest BCUT2D eigenvalue weighted by molar-refractivity contribution is 7.27. The first kappa shape index (κ1) is 25.4. The number of hydrogen-bond donors (Lipinski definition) is 0. The standard InChI is InChI=1S/C27H38FN4O3P/c1-17(2)11-25-29-27(35-30-25)31-8-5-18(6-9-31)23-12-19(23)7-10-34-22-4-3-20(24(36)14-22)13-26(33)32-15-21(28)16-32/h3-4,14,17-19,21,23H,5-13,15-16,36H2,1-2H3. The molecule has 36 heavy (non-hydrogen) atoms. The SMILES string of the molecule is CC(C)Cc1noc(N2CCC(C3CC3CCOc3ccc(CC(=O)N4CC(F)C4)c(P)c3)CC2)n1. The lowest BCUT2D eigenvalue weighted by Crippen LogP contribution is -2.52. The van der Waals surface area contributed by atoms with Crippen LogP contribution >= 0.6 is 9.24 Å². The predicted octanol–water partition coefficient (Wildman–Crippen LogP) is 3.81. The molecule has 0 bridgehead atoms. The van der Waals surface area contributed by atoms with Crippen LogP contribution in [0.5, 0.6) is 5.75 Å². The Kier molecular flexibility index (Phi) is 7.80. The largest absolute Gasteiger partial charge is 0.494 e. The van der Waals surface area contributed by atoms with E-state index in [0.29, 0.717) is 25.0 Å². The lowest BCUT2D eigenvalue weighted by Gasteiger charge is -2.34. The van der Waals surface area contributed by atoms with Crippen LogP contribution in [0.3, 0.4) is 0 Å². The molecular formula is C27H38FN4O3P. The molecule has 2 aliphatic heterocycles. The van der Waals surface area contributed by atoms with E-state index in [1.54, 1.807) is 4.90 Å². The van der Waals surface area contributed by atoms with Gasteiger partial charge in [-0.25, -0.2) is 4.39 Å². The number of aromatic nitrogens is 2. The summed E-state index contributed by atoms with van der Waals surface area (Å²) < 4.78 is 24.5. The van der Waals surface area contributed by atoms with Gasteiger partial charge >= 0.3 is 6.01 Å². The molecule has 5 rings (SSSR count). The summed E-state index contributed by atoms with van der Waals surface area (Å²) in [6.45, 7) is 7.49. The first-order valence-electron chi connectivity index (χ1n) is 13.4. The van der Waals surface area contributed by atoms with E-state index in [-0.39, 0.29) is 19.0 Å². The van der Waals surface area contributed by atoms with Gasteiger partial charge in [-0.15, -0.1) is 9.24 Å². The molecule has 196 valence electrons. The molecule has 1 aromatic heterocycles. The van der Waals surface area contributed by atoms with Crippen molar-refractivity contribution in [1.82, 2.24) is 15.0 Å². The Balaban J connectivity index is 1.01. The van der Waals surface area contributed by atoms with Crippen LogP contribution in [0.15, 0.2) is 22.7 Å². The Hall–Kier alpha value is -2.21. The Morgan fingerprint density at radius 3 is 2.75 bits per heavy atom. The van der Waals surface area contributed by atoms with Gasteiger partial charge in [-0.1, -0.05) is 25.1 Å². The van der Waals surface area contributed by atoms with Crippen LogP contribution in [-0.4, -0.2) is 59.9 Å². The minimum atomic E-state index is -0.862. The number of amides is 1. The van der Waals surface area contributed by atoms with E-state index in [0.717, 1.165) is 66.1 Å². The van der Waals surface area contributed by atoms with Gasteiger partial charge in [0.25, 0.3) is 0 Å². The van der Waals surface area contributed by atoms with E-state index in [9.17, 15) is 9.18 Å². The zero-order chi connectivity index (χ0) is 25.2. The Morgan fingerprint density at radius 1 is 1.28 bits per heavy atom. The van der Waals surface area contributed by atoms with Crippen molar-refractivity contribution < 1.29 is 18.4 Å². The fourth-order valence-corrected chi connectivity index (χ4v) is 5.94. The summed E-state index contributed by atoms with van der Waals surface area (Å²) in [5, 5.41) is 5.10. The van der Waals surface area contributed by atoms with E-state index >= 15 is 0 Å². The van der Waals surface area contributed by atoms with Crippen molar-refractivity contribution in [3.63, 3.8) is 0 Å². The highest BCUT2D eigenvalue weighted by Crippen LogP contribution is 2.50. The number of carbonyl (C=O) groups excluding carboxylic acids is 1. The lowest BCUT2D eigenvalue weighted by atomic mass is 9.90. The van der Waals surface area contributed by atoms with Crippen molar-refractivity contribution in [1.29, 1.82) is 0 Å². The van der Waals surface area contributed by atoms with Crippen molar-refractivity contribution in [3.05, 3.63) is 29.6 Å². The molecule has 1 saturated carbocycles. The van der Waals surface area contributed by atoms with Gasteiger partial charge in [0.1, 0.15) is 11.9 Å². The topological polar surface area (TPSA) is 71.7 Å². The maximum absolute atomic E-state index is 13.0. The smallest absolute Gasteiger partial charge is 0.324 e. The summed E-state index contributed by atoms with van der Waals surface area (Å²) in [7, 11) is 2.70. The molecule has 0 spiro atoms. The quantitative estimate of drug-likeness (QED) is 0.448. The number of piperidine rings is 1. The van der Waals surface area contributed by atoms with Crippen molar-refractivity contribution in [2.24, 2.45) is 23.7 Å². The summed E-state index contributed by atoms with van der Waals surface area (Å²) in [5.74, 6) is 4.50. The third kappa shape index (κ3) is 6.19. The van der Waals surface area contributed by atoms with Gasteiger partial charge < -0.3 is 19.1 Å². The third-order valence-electron chi connectivity index (χ3n) is 7.85. The van der Waals surface area contributed by atoms with Crippen LogP contribution < -0.4 is 14.9 Å². The molecule has 3 fully saturated rings. The number of hydrogen-bond acceptors (Lipinski definition) is 6. The average Bonchev–Trinajstić information content (AvgIpc) is 3.45. The van der Waals surface area contributed by atoms with Crippen LogP contribution in [0.2, 0.25) is 0 Å². The minimum Gasteiger partial charge on any atom is -0.494 e. The van der Waals surface area contributed by atoms with E-state index < -0.39 is 6.17 Å². The number of ether oxygens (including phenoxy) is 1. The predicted molar refractivity (Wildman–Crippen MR) is 140 cm³/mol. The normalized spacial score (nSPS) is 22.7. The summed E-state index contributed by atoms with van der Waals surface area (Å²) in [5.41, 5.74) is 0.949. The molecule has 9 heteroatoms.